The number of carbonyl (C=O) groups excluding carboxylic acids is 1. The third-order valence-corrected chi connectivity index (χ3v) is 3.36. The number of rotatable bonds is 5. The van der Waals surface area contributed by atoms with Crippen LogP contribution in [0.1, 0.15) is 5.56 Å². The number of ether oxygens (including phenoxy) is 1. The van der Waals surface area contributed by atoms with Gasteiger partial charge in [-0.05, 0) is 52.7 Å². The lowest BCUT2D eigenvalue weighted by Gasteiger charge is -2.03. The van der Waals surface area contributed by atoms with Gasteiger partial charge in [-0.3, -0.25) is 9.79 Å². The van der Waals surface area contributed by atoms with E-state index in [0.717, 1.165) is 16.6 Å². The van der Waals surface area contributed by atoms with Gasteiger partial charge in [-0.25, -0.2) is 0 Å². The number of hydrogen-bond donors (Lipinski definition) is 1. The van der Waals surface area contributed by atoms with Gasteiger partial charge in [-0.15, -0.1) is 0 Å². The Kier molecular flexibility index (Phi) is 4.34. The van der Waals surface area contributed by atoms with Gasteiger partial charge in [-0.2, -0.15) is 0 Å². The number of carbonyl (C=O) groups is 1. The third-order valence-electron chi connectivity index (χ3n) is 3.36. The number of benzene rings is 3. The van der Waals surface area contributed by atoms with Crippen molar-refractivity contribution in [2.75, 3.05) is 6.61 Å². The summed E-state index contributed by atoms with van der Waals surface area (Å²) in [5.74, 6) is 0.110. The van der Waals surface area contributed by atoms with Crippen molar-refractivity contribution in [3.05, 3.63) is 72.3 Å². The topological polar surface area (TPSA) is 64.7 Å². The molecule has 0 aliphatic heterocycles. The molecule has 0 saturated heterocycles. The molecule has 3 rings (SSSR count). The molecule has 1 amide bonds. The van der Waals surface area contributed by atoms with Gasteiger partial charge in [0.15, 0.2) is 6.61 Å². The molecule has 0 atom stereocenters. The fraction of sp³-hybridized carbons (Fsp3) is 0.0526. The Morgan fingerprint density at radius 3 is 2.48 bits per heavy atom. The van der Waals surface area contributed by atoms with Gasteiger partial charge in [0.1, 0.15) is 5.75 Å². The Bertz CT molecular complexity index is 855. The smallest absolute Gasteiger partial charge is 0.255 e. The lowest BCUT2D eigenvalue weighted by atomic mass is 10.1. The highest BCUT2D eigenvalue weighted by Crippen LogP contribution is 2.21. The summed E-state index contributed by atoms with van der Waals surface area (Å²) in [6.45, 7) is -0.121. The van der Waals surface area contributed by atoms with Crippen LogP contribution in [-0.4, -0.2) is 18.7 Å². The fourth-order valence-corrected chi connectivity index (χ4v) is 2.21. The Morgan fingerprint density at radius 1 is 1.00 bits per heavy atom. The second-order valence-electron chi connectivity index (χ2n) is 5.11. The molecule has 0 radical (unpaired) electrons. The summed E-state index contributed by atoms with van der Waals surface area (Å²) in [6, 6.07) is 21.6. The average Bonchev–Trinajstić information content (AvgIpc) is 2.59. The second kappa shape index (κ2) is 6.75. The first-order valence-electron chi connectivity index (χ1n) is 7.25. The molecule has 0 aliphatic rings. The Balaban J connectivity index is 1.72. The molecule has 0 spiro atoms. The van der Waals surface area contributed by atoms with Crippen LogP contribution < -0.4 is 10.5 Å². The highest BCUT2D eigenvalue weighted by Gasteiger charge is 1.98. The van der Waals surface area contributed by atoms with Crippen LogP contribution in [-0.2, 0) is 4.79 Å². The molecular formula is C19H16N2O2. The highest BCUT2D eigenvalue weighted by molar-refractivity contribution is 5.87. The molecule has 4 heteroatoms. The maximum atomic E-state index is 10.7. The van der Waals surface area contributed by atoms with Crippen LogP contribution in [0.2, 0.25) is 0 Å². The zero-order valence-corrected chi connectivity index (χ0v) is 12.5. The van der Waals surface area contributed by atoms with Gasteiger partial charge in [0.05, 0.1) is 5.69 Å². The number of nitrogens with zero attached hydrogens (tertiary/aromatic N) is 1. The highest BCUT2D eigenvalue weighted by atomic mass is 16.5. The summed E-state index contributed by atoms with van der Waals surface area (Å²) >= 11 is 0. The molecule has 0 bridgehead atoms. The van der Waals surface area contributed by atoms with Crippen molar-refractivity contribution in [3.8, 4) is 5.75 Å². The number of amides is 1. The largest absolute Gasteiger partial charge is 0.484 e. The first-order valence-corrected chi connectivity index (χ1v) is 7.25. The lowest BCUT2D eigenvalue weighted by molar-refractivity contribution is -0.119. The monoisotopic (exact) mass is 304 g/mol. The Morgan fingerprint density at radius 2 is 1.74 bits per heavy atom. The molecule has 23 heavy (non-hydrogen) atoms. The molecule has 0 aromatic heterocycles. The van der Waals surface area contributed by atoms with Crippen molar-refractivity contribution in [1.29, 1.82) is 0 Å². The summed E-state index contributed by atoms with van der Waals surface area (Å²) in [5, 5.41) is 2.36. The molecule has 114 valence electrons. The molecule has 0 heterocycles. The van der Waals surface area contributed by atoms with E-state index < -0.39 is 5.91 Å². The molecule has 2 N–H and O–H groups in total. The normalized spacial score (nSPS) is 11.0. The predicted octanol–water partition coefficient (Wildman–Crippen LogP) is 3.45. The Labute approximate surface area is 134 Å². The first kappa shape index (κ1) is 14.8. The minimum absolute atomic E-state index is 0.121. The van der Waals surface area contributed by atoms with E-state index in [-0.39, 0.29) is 6.61 Å². The number of hydrogen-bond acceptors (Lipinski definition) is 3. The summed E-state index contributed by atoms with van der Waals surface area (Å²) in [4.78, 5) is 15.2. The summed E-state index contributed by atoms with van der Waals surface area (Å²) < 4.78 is 5.21. The van der Waals surface area contributed by atoms with Crippen molar-refractivity contribution in [3.63, 3.8) is 0 Å². The number of nitrogens with two attached hydrogens (primary N) is 1. The predicted molar refractivity (Wildman–Crippen MR) is 92.3 cm³/mol. The van der Waals surface area contributed by atoms with Crippen LogP contribution in [0.4, 0.5) is 5.69 Å². The standard InChI is InChI=1S/C19H16N2O2/c20-19(22)13-23-18-9-5-14(6-10-18)12-21-17-8-7-15-3-1-2-4-16(15)11-17/h1-12H,13H2,(H2,20,22). The van der Waals surface area contributed by atoms with E-state index in [0.29, 0.717) is 5.75 Å². The van der Waals surface area contributed by atoms with E-state index in [1.54, 1.807) is 18.3 Å². The average molecular weight is 304 g/mol. The second-order valence-corrected chi connectivity index (χ2v) is 5.11. The van der Waals surface area contributed by atoms with Gasteiger partial charge in [0.25, 0.3) is 5.91 Å². The molecule has 4 nitrogen and oxygen atoms in total. The minimum Gasteiger partial charge on any atom is -0.484 e. The Hall–Kier alpha value is -3.14. The van der Waals surface area contributed by atoms with Crippen LogP contribution in [0.15, 0.2) is 71.7 Å². The zero-order chi connectivity index (χ0) is 16.1. The van der Waals surface area contributed by atoms with Gasteiger partial charge in [0, 0.05) is 6.21 Å². The molecule has 0 saturated carbocycles. The summed E-state index contributed by atoms with van der Waals surface area (Å²) in [5.41, 5.74) is 6.89. The van der Waals surface area contributed by atoms with Crippen molar-refractivity contribution in [2.45, 2.75) is 0 Å². The fourth-order valence-electron chi connectivity index (χ4n) is 2.21. The third kappa shape index (κ3) is 3.95. The lowest BCUT2D eigenvalue weighted by Crippen LogP contribution is -2.19. The van der Waals surface area contributed by atoms with E-state index in [1.165, 1.54) is 5.39 Å². The van der Waals surface area contributed by atoms with Gasteiger partial charge < -0.3 is 10.5 Å². The summed E-state index contributed by atoms with van der Waals surface area (Å²) in [7, 11) is 0. The van der Waals surface area contributed by atoms with Crippen molar-refractivity contribution >= 4 is 28.6 Å². The van der Waals surface area contributed by atoms with Crippen LogP contribution >= 0.6 is 0 Å². The first-order chi connectivity index (χ1) is 11.2. The molecule has 0 fully saturated rings. The quantitative estimate of drug-likeness (QED) is 0.734. The van der Waals surface area contributed by atoms with Crippen molar-refractivity contribution in [1.82, 2.24) is 0 Å². The zero-order valence-electron chi connectivity index (χ0n) is 12.5. The molecule has 3 aromatic rings. The van der Waals surface area contributed by atoms with Crippen molar-refractivity contribution in [2.24, 2.45) is 10.7 Å². The van der Waals surface area contributed by atoms with Gasteiger partial charge in [0.2, 0.25) is 0 Å². The van der Waals surface area contributed by atoms with Gasteiger partial charge >= 0.3 is 0 Å². The number of primary amides is 1. The minimum atomic E-state index is -0.494. The van der Waals surface area contributed by atoms with E-state index >= 15 is 0 Å². The van der Waals surface area contributed by atoms with E-state index in [9.17, 15) is 4.79 Å². The molecule has 0 unspecified atom stereocenters. The number of aliphatic imine (C=N–C) groups is 1. The summed E-state index contributed by atoms with van der Waals surface area (Å²) in [6.07, 6.45) is 1.79. The SMILES string of the molecule is NC(=O)COc1ccc(C=Nc2ccc3ccccc3c2)cc1. The van der Waals surface area contributed by atoms with Crippen LogP contribution in [0.3, 0.4) is 0 Å². The number of fused-ring (bicyclic) bond motifs is 1. The van der Waals surface area contributed by atoms with Crippen LogP contribution in [0.25, 0.3) is 10.8 Å². The van der Waals surface area contributed by atoms with Crippen molar-refractivity contribution < 1.29 is 9.53 Å². The van der Waals surface area contributed by atoms with Gasteiger partial charge in [-0.1, -0.05) is 30.3 Å². The van der Waals surface area contributed by atoms with E-state index in [2.05, 4.69) is 29.3 Å². The molecule has 0 aliphatic carbocycles. The molecule has 3 aromatic carbocycles. The maximum absolute atomic E-state index is 10.7. The van der Waals surface area contributed by atoms with Crippen LogP contribution in [0, 0.1) is 0 Å². The molecular weight excluding hydrogens is 288 g/mol. The van der Waals surface area contributed by atoms with E-state index in [4.69, 9.17) is 10.5 Å². The maximum Gasteiger partial charge on any atom is 0.255 e. The van der Waals surface area contributed by atoms with Crippen LogP contribution in [0.5, 0.6) is 5.75 Å². The van der Waals surface area contributed by atoms with E-state index in [1.807, 2.05) is 30.3 Å².